The van der Waals surface area contributed by atoms with E-state index < -0.39 is 0 Å². The molecule has 0 unspecified atom stereocenters. The van der Waals surface area contributed by atoms with E-state index in [1.165, 1.54) is 4.68 Å². The van der Waals surface area contributed by atoms with Gasteiger partial charge in [0.1, 0.15) is 0 Å². The topological polar surface area (TPSA) is 79.8 Å². The van der Waals surface area contributed by atoms with Gasteiger partial charge in [0.2, 0.25) is 0 Å². The molecule has 4 rings (SSSR count). The highest BCUT2D eigenvalue weighted by molar-refractivity contribution is 6.06. The average molecular weight is 322 g/mol. The van der Waals surface area contributed by atoms with Crippen LogP contribution in [0, 0.1) is 0 Å². The molecule has 0 bridgehead atoms. The van der Waals surface area contributed by atoms with Gasteiger partial charge in [-0.05, 0) is 43.0 Å². The van der Waals surface area contributed by atoms with Crippen molar-refractivity contribution in [3.8, 4) is 0 Å². The molecule has 1 aliphatic rings. The van der Waals surface area contributed by atoms with E-state index in [9.17, 15) is 9.59 Å². The van der Waals surface area contributed by atoms with Crippen molar-refractivity contribution in [2.24, 2.45) is 7.05 Å². The maximum absolute atomic E-state index is 12.7. The van der Waals surface area contributed by atoms with Gasteiger partial charge in [-0.2, -0.15) is 5.10 Å². The Morgan fingerprint density at radius 2 is 2.25 bits per heavy atom. The molecule has 0 saturated carbocycles. The Kier molecular flexibility index (Phi) is 3.45. The number of benzene rings is 1. The van der Waals surface area contributed by atoms with E-state index >= 15 is 0 Å². The summed E-state index contributed by atoms with van der Waals surface area (Å²) in [5.74, 6) is -0.0783. The molecule has 1 atom stereocenters. The first kappa shape index (κ1) is 14.7. The van der Waals surface area contributed by atoms with Gasteiger partial charge in [0, 0.05) is 41.8 Å². The minimum absolute atomic E-state index is 0.0214. The molecule has 0 spiro atoms. The highest BCUT2D eigenvalue weighted by Crippen LogP contribution is 2.20. The van der Waals surface area contributed by atoms with Crippen molar-refractivity contribution in [2.45, 2.75) is 25.3 Å². The molecular formula is C18H18N4O2. The van der Waals surface area contributed by atoms with Crippen LogP contribution in [0.25, 0.3) is 10.9 Å². The summed E-state index contributed by atoms with van der Waals surface area (Å²) < 4.78 is 1.37. The molecule has 2 aromatic heterocycles. The second kappa shape index (κ2) is 5.63. The van der Waals surface area contributed by atoms with Gasteiger partial charge in [-0.25, -0.2) is 4.68 Å². The Hall–Kier alpha value is -2.89. The van der Waals surface area contributed by atoms with Crippen molar-refractivity contribution < 1.29 is 4.79 Å². The Labute approximate surface area is 138 Å². The summed E-state index contributed by atoms with van der Waals surface area (Å²) in [7, 11) is 1.66. The van der Waals surface area contributed by atoms with Gasteiger partial charge in [0.15, 0.2) is 0 Å². The number of aromatic nitrogens is 3. The third-order valence-electron chi connectivity index (χ3n) is 4.63. The van der Waals surface area contributed by atoms with E-state index in [1.807, 2.05) is 30.5 Å². The van der Waals surface area contributed by atoms with Crippen molar-refractivity contribution >= 4 is 16.8 Å². The molecule has 1 aliphatic carbocycles. The molecule has 24 heavy (non-hydrogen) atoms. The smallest absolute Gasteiger partial charge is 0.266 e. The molecule has 6 heteroatoms. The van der Waals surface area contributed by atoms with Crippen LogP contribution in [0.1, 0.15) is 28.0 Å². The van der Waals surface area contributed by atoms with Crippen molar-refractivity contribution in [3.63, 3.8) is 0 Å². The Balaban J connectivity index is 1.56. The molecular weight excluding hydrogens is 304 g/mol. The second-order valence-electron chi connectivity index (χ2n) is 6.24. The zero-order valence-corrected chi connectivity index (χ0v) is 13.4. The summed E-state index contributed by atoms with van der Waals surface area (Å²) in [6, 6.07) is 9.22. The Bertz CT molecular complexity index is 986. The Morgan fingerprint density at radius 3 is 3.12 bits per heavy atom. The number of hydrogen-bond donors (Lipinski definition) is 2. The SMILES string of the molecule is Cn1nc2c(cc1=O)C[C@@H](NC(=O)c1cccc3[nH]ccc13)CC2. The number of rotatable bonds is 2. The number of nitrogens with one attached hydrogen (secondary N) is 2. The molecule has 6 nitrogen and oxygen atoms in total. The molecule has 3 aromatic rings. The first-order chi connectivity index (χ1) is 11.6. The molecule has 0 saturated heterocycles. The van der Waals surface area contributed by atoms with Crippen LogP contribution in [-0.4, -0.2) is 26.7 Å². The number of carbonyl (C=O) groups excluding carboxylic acids is 1. The van der Waals surface area contributed by atoms with Gasteiger partial charge in [-0.3, -0.25) is 9.59 Å². The third-order valence-corrected chi connectivity index (χ3v) is 4.63. The number of aryl methyl sites for hydroxylation is 2. The zero-order chi connectivity index (χ0) is 16.7. The largest absolute Gasteiger partial charge is 0.361 e. The second-order valence-corrected chi connectivity index (χ2v) is 6.24. The molecule has 0 aliphatic heterocycles. The van der Waals surface area contributed by atoms with Gasteiger partial charge < -0.3 is 10.3 Å². The predicted molar refractivity (Wildman–Crippen MR) is 91.1 cm³/mol. The minimum Gasteiger partial charge on any atom is -0.361 e. The molecule has 2 heterocycles. The summed E-state index contributed by atoms with van der Waals surface area (Å²) in [5, 5.41) is 8.33. The third kappa shape index (κ3) is 2.50. The number of amides is 1. The molecule has 0 radical (unpaired) electrons. The maximum Gasteiger partial charge on any atom is 0.266 e. The molecule has 1 aromatic carbocycles. The van der Waals surface area contributed by atoms with Crippen LogP contribution in [0.4, 0.5) is 0 Å². The van der Waals surface area contributed by atoms with Gasteiger partial charge >= 0.3 is 0 Å². The number of H-pyrrole nitrogens is 1. The van der Waals surface area contributed by atoms with Crippen molar-refractivity contribution in [2.75, 3.05) is 0 Å². The summed E-state index contributed by atoms with van der Waals surface area (Å²) in [4.78, 5) is 27.5. The first-order valence-electron chi connectivity index (χ1n) is 8.05. The average Bonchev–Trinajstić information content (AvgIpc) is 3.04. The zero-order valence-electron chi connectivity index (χ0n) is 13.4. The fourth-order valence-corrected chi connectivity index (χ4v) is 3.36. The fraction of sp³-hybridized carbons (Fsp3) is 0.278. The lowest BCUT2D eigenvalue weighted by molar-refractivity contribution is 0.0935. The molecule has 1 amide bonds. The lowest BCUT2D eigenvalue weighted by Gasteiger charge is -2.25. The normalized spacial score (nSPS) is 16.8. The van der Waals surface area contributed by atoms with Crippen molar-refractivity contribution in [1.29, 1.82) is 0 Å². The van der Waals surface area contributed by atoms with Crippen LogP contribution in [0.3, 0.4) is 0 Å². The van der Waals surface area contributed by atoms with Gasteiger partial charge in [0.25, 0.3) is 11.5 Å². The summed E-state index contributed by atoms with van der Waals surface area (Å²) >= 11 is 0. The van der Waals surface area contributed by atoms with Crippen LogP contribution in [0.15, 0.2) is 41.3 Å². The number of carbonyl (C=O) groups is 1. The first-order valence-corrected chi connectivity index (χ1v) is 8.05. The standard InChI is InChI=1S/C18H18N4O2/c1-22-17(23)10-11-9-12(5-6-15(11)21-22)20-18(24)14-3-2-4-16-13(14)7-8-19-16/h2-4,7-8,10,12,19H,5-6,9H2,1H3,(H,20,24)/t12-/m0/s1. The number of fused-ring (bicyclic) bond motifs is 2. The van der Waals surface area contributed by atoms with Crippen LogP contribution in [0.5, 0.6) is 0 Å². The van der Waals surface area contributed by atoms with Crippen molar-refractivity contribution in [3.05, 3.63) is 63.7 Å². The lowest BCUT2D eigenvalue weighted by atomic mass is 9.92. The van der Waals surface area contributed by atoms with E-state index in [0.29, 0.717) is 12.0 Å². The van der Waals surface area contributed by atoms with Crippen LogP contribution in [0.2, 0.25) is 0 Å². The quantitative estimate of drug-likeness (QED) is 0.751. The number of hydrogen-bond acceptors (Lipinski definition) is 3. The number of aromatic amines is 1. The van der Waals surface area contributed by atoms with Crippen molar-refractivity contribution in [1.82, 2.24) is 20.1 Å². The number of nitrogens with zero attached hydrogens (tertiary/aromatic N) is 2. The van der Waals surface area contributed by atoms with Gasteiger partial charge in [-0.1, -0.05) is 6.07 Å². The van der Waals surface area contributed by atoms with Gasteiger partial charge in [0.05, 0.1) is 5.69 Å². The molecule has 122 valence electrons. The maximum atomic E-state index is 12.7. The van der Waals surface area contributed by atoms with E-state index in [2.05, 4.69) is 15.4 Å². The van der Waals surface area contributed by atoms with E-state index in [0.717, 1.165) is 35.0 Å². The lowest BCUT2D eigenvalue weighted by Crippen LogP contribution is -2.40. The van der Waals surface area contributed by atoms with Crippen LogP contribution < -0.4 is 10.9 Å². The summed E-state index contributed by atoms with van der Waals surface area (Å²) in [5.41, 5.74) is 3.40. The van der Waals surface area contributed by atoms with Gasteiger partial charge in [-0.15, -0.1) is 0 Å². The Morgan fingerprint density at radius 1 is 1.38 bits per heavy atom. The summed E-state index contributed by atoms with van der Waals surface area (Å²) in [6.45, 7) is 0. The highest BCUT2D eigenvalue weighted by Gasteiger charge is 2.23. The van der Waals surface area contributed by atoms with E-state index in [4.69, 9.17) is 0 Å². The predicted octanol–water partition coefficient (Wildman–Crippen LogP) is 1.55. The van der Waals surface area contributed by atoms with Crippen LogP contribution in [-0.2, 0) is 19.9 Å². The minimum atomic E-state index is -0.113. The van der Waals surface area contributed by atoms with E-state index in [-0.39, 0.29) is 17.5 Å². The fourth-order valence-electron chi connectivity index (χ4n) is 3.36. The molecule has 2 N–H and O–H groups in total. The summed E-state index contributed by atoms with van der Waals surface area (Å²) in [6.07, 6.45) is 4.07. The monoisotopic (exact) mass is 322 g/mol. The highest BCUT2D eigenvalue weighted by atomic mass is 16.1. The van der Waals surface area contributed by atoms with Crippen LogP contribution >= 0.6 is 0 Å². The van der Waals surface area contributed by atoms with E-state index in [1.54, 1.807) is 13.1 Å². The molecule has 0 fully saturated rings.